The van der Waals surface area contributed by atoms with Crippen LogP contribution in [0.4, 0.5) is 0 Å². The summed E-state index contributed by atoms with van der Waals surface area (Å²) in [5.41, 5.74) is 0.882. The first-order valence-electron chi connectivity index (χ1n) is 9.40. The van der Waals surface area contributed by atoms with E-state index < -0.39 is 26.4 Å². The lowest BCUT2D eigenvalue weighted by Gasteiger charge is -2.23. The van der Waals surface area contributed by atoms with Crippen molar-refractivity contribution in [3.05, 3.63) is 53.3 Å². The van der Waals surface area contributed by atoms with E-state index in [1.807, 2.05) is 0 Å². The number of hydrogen-bond donors (Lipinski definition) is 3. The van der Waals surface area contributed by atoms with Gasteiger partial charge in [0, 0.05) is 17.3 Å². The topological polar surface area (TPSA) is 127 Å². The van der Waals surface area contributed by atoms with Crippen LogP contribution in [-0.2, 0) is 31.8 Å². The minimum Gasteiger partial charge on any atom is -0.506 e. The zero-order valence-corrected chi connectivity index (χ0v) is 18.3. The van der Waals surface area contributed by atoms with Crippen molar-refractivity contribution < 1.29 is 33.4 Å². The van der Waals surface area contributed by atoms with Gasteiger partial charge >= 0.3 is 13.7 Å². The van der Waals surface area contributed by atoms with Gasteiger partial charge in [-0.15, -0.1) is 0 Å². The van der Waals surface area contributed by atoms with Gasteiger partial charge in [-0.1, -0.05) is 18.2 Å². The molecule has 30 heavy (non-hydrogen) atoms. The van der Waals surface area contributed by atoms with Crippen molar-refractivity contribution in [2.75, 3.05) is 0 Å². The number of carbonyl (C=O) groups is 1. The average molecular weight is 438 g/mol. The third kappa shape index (κ3) is 6.53. The largest absolute Gasteiger partial charge is 0.506 e. The summed E-state index contributed by atoms with van der Waals surface area (Å²) >= 11 is 0. The van der Waals surface area contributed by atoms with Gasteiger partial charge in [-0.25, -0.2) is 4.57 Å². The second kappa shape index (κ2) is 10.5. The second-order valence-corrected chi connectivity index (χ2v) is 8.56. The van der Waals surface area contributed by atoms with E-state index >= 15 is 0 Å². The third-order valence-corrected chi connectivity index (χ3v) is 5.63. The Morgan fingerprint density at radius 1 is 1.23 bits per heavy atom. The molecule has 2 rings (SSSR count). The molecule has 1 aromatic heterocycles. The summed E-state index contributed by atoms with van der Waals surface area (Å²) in [4.78, 5) is 16.2. The highest BCUT2D eigenvalue weighted by Crippen LogP contribution is 2.46. The molecule has 2 atom stereocenters. The molecule has 0 aliphatic rings. The van der Waals surface area contributed by atoms with Crippen molar-refractivity contribution >= 4 is 13.7 Å². The first-order chi connectivity index (χ1) is 14.1. The van der Waals surface area contributed by atoms with Crippen LogP contribution < -0.4 is 9.61 Å². The van der Waals surface area contributed by atoms with Crippen molar-refractivity contribution in [1.82, 2.24) is 10.1 Å². The number of esters is 1. The van der Waals surface area contributed by atoms with Gasteiger partial charge in [0.2, 0.25) is 0 Å². The Hall–Kier alpha value is -2.45. The van der Waals surface area contributed by atoms with Gasteiger partial charge in [-0.2, -0.15) is 5.09 Å². The van der Waals surface area contributed by atoms with Crippen molar-refractivity contribution in [2.24, 2.45) is 0 Å². The molecule has 0 spiro atoms. The molecule has 1 aromatic carbocycles. The minimum absolute atomic E-state index is 0.167. The number of aliphatic hydroxyl groups excluding tert-OH is 1. The number of aromatic hydroxyl groups is 1. The van der Waals surface area contributed by atoms with Crippen LogP contribution in [-0.4, -0.2) is 33.3 Å². The Kier molecular flexibility index (Phi) is 8.37. The number of aryl methyl sites for hydroxylation is 1. The number of nitrogens with one attached hydrogen (secondary N) is 1. The van der Waals surface area contributed by atoms with E-state index in [4.69, 9.17) is 13.8 Å². The Morgan fingerprint density at radius 2 is 1.90 bits per heavy atom. The molecule has 164 valence electrons. The van der Waals surface area contributed by atoms with Crippen LogP contribution in [0.1, 0.15) is 37.6 Å². The maximum atomic E-state index is 13.4. The molecule has 0 saturated carbocycles. The number of nitrogens with zero attached hydrogens (tertiary/aromatic N) is 1. The fourth-order valence-electron chi connectivity index (χ4n) is 2.47. The molecule has 3 N–H and O–H groups in total. The van der Waals surface area contributed by atoms with Gasteiger partial charge in [0.05, 0.1) is 25.0 Å². The molecule has 0 aliphatic heterocycles. The van der Waals surface area contributed by atoms with Crippen molar-refractivity contribution in [3.8, 4) is 11.5 Å². The van der Waals surface area contributed by atoms with Crippen LogP contribution in [0.2, 0.25) is 0 Å². The Bertz CT molecular complexity index is 906. The predicted molar refractivity (Wildman–Crippen MR) is 110 cm³/mol. The van der Waals surface area contributed by atoms with E-state index in [-0.39, 0.29) is 29.8 Å². The molecular formula is C20H27N2O7P. The normalized spacial score (nSPS) is 14.2. The summed E-state index contributed by atoms with van der Waals surface area (Å²) in [7, 11) is -4.06. The zero-order chi connectivity index (χ0) is 22.3. The molecular weight excluding hydrogens is 411 g/mol. The van der Waals surface area contributed by atoms with Gasteiger partial charge in [0.1, 0.15) is 17.5 Å². The summed E-state index contributed by atoms with van der Waals surface area (Å²) in [5, 5.41) is 22.2. The fourth-order valence-corrected chi connectivity index (χ4v) is 3.94. The summed E-state index contributed by atoms with van der Waals surface area (Å²) in [5.74, 6) is -0.513. The Balaban J connectivity index is 2.24. The number of aliphatic hydroxyl groups is 1. The maximum Gasteiger partial charge on any atom is 0.459 e. The number of pyridine rings is 1. The lowest BCUT2D eigenvalue weighted by atomic mass is 10.1. The lowest BCUT2D eigenvalue weighted by molar-refractivity contribution is -0.149. The number of ether oxygens (including phenoxy) is 1. The van der Waals surface area contributed by atoms with Crippen LogP contribution >= 0.6 is 7.75 Å². The average Bonchev–Trinajstić information content (AvgIpc) is 2.69. The van der Waals surface area contributed by atoms with Crippen LogP contribution in [0.15, 0.2) is 36.5 Å². The predicted octanol–water partition coefficient (Wildman–Crippen LogP) is 3.22. The molecule has 0 saturated heterocycles. The summed E-state index contributed by atoms with van der Waals surface area (Å²) < 4.78 is 29.6. The van der Waals surface area contributed by atoms with Crippen molar-refractivity contribution in [3.63, 3.8) is 0 Å². The molecule has 0 radical (unpaired) electrons. The first-order valence-corrected chi connectivity index (χ1v) is 10.9. The van der Waals surface area contributed by atoms with Gasteiger partial charge in [-0.05, 0) is 39.8 Å². The number of carbonyl (C=O) groups excluding carboxylic acids is 1. The SMILES string of the molecule is Cc1ncc(COP(=O)(N[C@@H](C)C(=O)OC(C)C)Oc2ccccc2)c(CO)c1O. The molecule has 1 unspecified atom stereocenters. The van der Waals surface area contributed by atoms with Crippen LogP contribution in [0, 0.1) is 6.92 Å². The summed E-state index contributed by atoms with van der Waals surface area (Å²) in [6.07, 6.45) is 1.06. The van der Waals surface area contributed by atoms with Crippen LogP contribution in [0.3, 0.4) is 0 Å². The fraction of sp³-hybridized carbons (Fsp3) is 0.400. The second-order valence-electron chi connectivity index (χ2n) is 6.87. The lowest BCUT2D eigenvalue weighted by Crippen LogP contribution is -2.36. The van der Waals surface area contributed by atoms with Crippen LogP contribution in [0.5, 0.6) is 11.5 Å². The molecule has 0 amide bonds. The highest BCUT2D eigenvalue weighted by Gasteiger charge is 2.33. The first kappa shape index (κ1) is 23.8. The monoisotopic (exact) mass is 438 g/mol. The standard InChI is InChI=1S/C20H27N2O7P/c1-13(2)28-20(25)15(4)22-30(26,29-17-8-6-5-7-9-17)27-12-16-10-21-14(3)19(24)18(16)11-23/h5-10,13,15,23-24H,11-12H2,1-4H3,(H,22,26)/t15-,30?/m0/s1. The summed E-state index contributed by atoms with van der Waals surface area (Å²) in [6.45, 7) is 5.73. The quantitative estimate of drug-likeness (QED) is 0.378. The van der Waals surface area contributed by atoms with Crippen molar-refractivity contribution in [2.45, 2.75) is 53.1 Å². The highest BCUT2D eigenvalue weighted by molar-refractivity contribution is 7.52. The van der Waals surface area contributed by atoms with Gasteiger partial charge < -0.3 is 19.5 Å². The van der Waals surface area contributed by atoms with Crippen molar-refractivity contribution in [1.29, 1.82) is 0 Å². The van der Waals surface area contributed by atoms with Gasteiger partial charge in [0.15, 0.2) is 0 Å². The number of para-hydroxylation sites is 1. The van der Waals surface area contributed by atoms with E-state index in [2.05, 4.69) is 10.1 Å². The smallest absolute Gasteiger partial charge is 0.459 e. The van der Waals surface area contributed by atoms with E-state index in [1.54, 1.807) is 51.1 Å². The molecule has 1 heterocycles. The van der Waals surface area contributed by atoms with E-state index in [1.165, 1.54) is 13.1 Å². The van der Waals surface area contributed by atoms with E-state index in [9.17, 15) is 19.6 Å². The third-order valence-electron chi connectivity index (χ3n) is 4.00. The molecule has 2 aromatic rings. The van der Waals surface area contributed by atoms with E-state index in [0.29, 0.717) is 11.3 Å². The van der Waals surface area contributed by atoms with Crippen LogP contribution in [0.25, 0.3) is 0 Å². The van der Waals surface area contributed by atoms with E-state index in [0.717, 1.165) is 0 Å². The number of hydrogen-bond acceptors (Lipinski definition) is 8. The molecule has 0 fully saturated rings. The zero-order valence-electron chi connectivity index (χ0n) is 17.4. The summed E-state index contributed by atoms with van der Waals surface area (Å²) in [6, 6.07) is 7.36. The molecule has 0 aliphatic carbocycles. The highest BCUT2D eigenvalue weighted by atomic mass is 31.2. The number of benzene rings is 1. The minimum atomic E-state index is -4.06. The Morgan fingerprint density at radius 3 is 2.50 bits per heavy atom. The van der Waals surface area contributed by atoms with Gasteiger partial charge in [0.25, 0.3) is 0 Å². The Labute approximate surface area is 175 Å². The van der Waals surface area contributed by atoms with Gasteiger partial charge in [-0.3, -0.25) is 14.3 Å². The molecule has 0 bridgehead atoms. The molecule has 10 heteroatoms. The maximum absolute atomic E-state index is 13.4. The number of aromatic nitrogens is 1. The number of rotatable bonds is 10. The molecule has 9 nitrogen and oxygen atoms in total.